The van der Waals surface area contributed by atoms with E-state index in [4.69, 9.17) is 15.6 Å². The number of carbonyl (C=O) groups is 5. The van der Waals surface area contributed by atoms with Crippen LogP contribution in [0.1, 0.15) is 12.5 Å². The van der Waals surface area contributed by atoms with Gasteiger partial charge in [-0.1, -0.05) is 12.1 Å². The van der Waals surface area contributed by atoms with Crippen LogP contribution in [0.5, 0.6) is 5.75 Å². The lowest BCUT2D eigenvalue weighted by Crippen LogP contribution is -2.45. The molecular formula is C19H27N5O8Si. The van der Waals surface area contributed by atoms with Crippen molar-refractivity contribution < 1.29 is 38.9 Å². The van der Waals surface area contributed by atoms with Gasteiger partial charge in [-0.3, -0.25) is 19.2 Å². The van der Waals surface area contributed by atoms with Gasteiger partial charge < -0.3 is 41.6 Å². The highest BCUT2D eigenvalue weighted by atomic mass is 28.2. The highest BCUT2D eigenvalue weighted by Crippen LogP contribution is 2.16. The first-order valence-corrected chi connectivity index (χ1v) is 10.9. The van der Waals surface area contributed by atoms with Crippen molar-refractivity contribution in [3.8, 4) is 5.75 Å². The molecular weight excluding hydrogens is 454 g/mol. The Labute approximate surface area is 192 Å². The van der Waals surface area contributed by atoms with Crippen molar-refractivity contribution in [2.24, 2.45) is 5.73 Å². The van der Waals surface area contributed by atoms with Crippen LogP contribution in [0.25, 0.3) is 0 Å². The van der Waals surface area contributed by atoms with E-state index in [0.717, 1.165) is 0 Å². The van der Waals surface area contributed by atoms with Gasteiger partial charge in [-0.2, -0.15) is 0 Å². The zero-order valence-electron chi connectivity index (χ0n) is 17.9. The summed E-state index contributed by atoms with van der Waals surface area (Å²) >= 11 is 0. The van der Waals surface area contributed by atoms with Crippen molar-refractivity contribution >= 4 is 39.3 Å². The first-order chi connectivity index (χ1) is 15.6. The summed E-state index contributed by atoms with van der Waals surface area (Å²) in [5, 5.41) is 25.2. The van der Waals surface area contributed by atoms with Crippen molar-refractivity contribution in [1.29, 1.82) is 0 Å². The molecule has 2 radical (unpaired) electrons. The molecule has 2 atom stereocenters. The van der Waals surface area contributed by atoms with E-state index in [0.29, 0.717) is 5.56 Å². The Morgan fingerprint density at radius 3 is 2.24 bits per heavy atom. The summed E-state index contributed by atoms with van der Waals surface area (Å²) in [5.74, 6) is -3.24. The number of nitrogens with two attached hydrogens (primary N) is 1. The molecule has 0 aromatic heterocycles. The molecule has 14 heteroatoms. The molecule has 13 nitrogen and oxygen atoms in total. The summed E-state index contributed by atoms with van der Waals surface area (Å²) in [7, 11) is -0.369. The van der Waals surface area contributed by atoms with Crippen molar-refractivity contribution in [2.75, 3.05) is 26.4 Å². The van der Waals surface area contributed by atoms with E-state index in [9.17, 15) is 29.1 Å². The first kappa shape index (κ1) is 27.5. The average molecular weight is 482 g/mol. The topological polar surface area (TPSA) is 209 Å². The zero-order valence-corrected chi connectivity index (χ0v) is 18.9. The van der Waals surface area contributed by atoms with Crippen LogP contribution in [-0.2, 0) is 35.1 Å². The third-order valence-electron chi connectivity index (χ3n) is 4.08. The van der Waals surface area contributed by atoms with E-state index in [2.05, 4.69) is 20.9 Å². The lowest BCUT2D eigenvalue weighted by atomic mass is 10.1. The van der Waals surface area contributed by atoms with E-state index >= 15 is 0 Å². The Balaban J connectivity index is 2.61. The molecule has 0 aliphatic heterocycles. The van der Waals surface area contributed by atoms with Crippen LogP contribution in [0, 0.1) is 0 Å². The fourth-order valence-corrected chi connectivity index (χ4v) is 3.21. The number of carboxylic acids is 1. The molecule has 0 fully saturated rings. The standard InChI is InChI=1S/C19H27N5O8Si/c1-11(19(30)31)32-10-23-16(27)8-22-18(29)14(6-12-2-4-13(25)5-3-12)33-24-17(28)9-21-15(26)7-20/h2-5,11,14,25H,6-10,20H2,1H3,(H,21,26)(H,22,29)(H,23,27)(H,24,28)(H,30,31)/t11-,14+/m1/s1. The molecule has 1 rings (SSSR count). The lowest BCUT2D eigenvalue weighted by Gasteiger charge is -2.17. The minimum atomic E-state index is -1.18. The van der Waals surface area contributed by atoms with Gasteiger partial charge in [0.15, 0.2) is 15.8 Å². The zero-order chi connectivity index (χ0) is 24.8. The number of ether oxygens (including phenoxy) is 1. The van der Waals surface area contributed by atoms with Crippen LogP contribution in [0.4, 0.5) is 0 Å². The summed E-state index contributed by atoms with van der Waals surface area (Å²) < 4.78 is 4.88. The number of rotatable bonds is 14. The number of benzene rings is 1. The molecule has 0 aliphatic rings. The van der Waals surface area contributed by atoms with Gasteiger partial charge in [-0.05, 0) is 31.0 Å². The Morgan fingerprint density at radius 1 is 1.00 bits per heavy atom. The number of hydrogen-bond donors (Lipinski definition) is 7. The minimum absolute atomic E-state index is 0.0576. The van der Waals surface area contributed by atoms with E-state index in [1.54, 1.807) is 12.1 Å². The molecule has 1 aromatic carbocycles. The molecule has 4 amide bonds. The fourth-order valence-electron chi connectivity index (χ4n) is 2.21. The van der Waals surface area contributed by atoms with Gasteiger partial charge in [0.25, 0.3) is 0 Å². The van der Waals surface area contributed by atoms with E-state index in [-0.39, 0.29) is 48.2 Å². The smallest absolute Gasteiger partial charge is 0.332 e. The third-order valence-corrected chi connectivity index (χ3v) is 5.32. The first-order valence-electron chi connectivity index (χ1n) is 9.80. The second kappa shape index (κ2) is 14.5. The van der Waals surface area contributed by atoms with Crippen LogP contribution < -0.4 is 26.7 Å². The van der Waals surface area contributed by atoms with Crippen molar-refractivity contribution in [1.82, 2.24) is 20.9 Å². The monoisotopic (exact) mass is 481 g/mol. The number of aromatic hydroxyl groups is 1. The van der Waals surface area contributed by atoms with Crippen molar-refractivity contribution in [3.05, 3.63) is 29.8 Å². The van der Waals surface area contributed by atoms with Gasteiger partial charge in [0.05, 0.1) is 25.2 Å². The number of carbonyl (C=O) groups excluding carboxylic acids is 4. The number of nitrogens with one attached hydrogen (secondary N) is 4. The number of phenolic OH excluding ortho intramolecular Hbond substituents is 1. The summed E-state index contributed by atoms with van der Waals surface area (Å²) in [6.45, 7) is 0.0184. The Morgan fingerprint density at radius 2 is 1.64 bits per heavy atom. The van der Waals surface area contributed by atoms with Crippen LogP contribution in [0.15, 0.2) is 24.3 Å². The van der Waals surface area contributed by atoms with E-state index in [1.165, 1.54) is 19.1 Å². The highest BCUT2D eigenvalue weighted by molar-refractivity contribution is 6.45. The maximum absolute atomic E-state index is 12.6. The summed E-state index contributed by atoms with van der Waals surface area (Å²) in [5.41, 5.74) is 5.13. The van der Waals surface area contributed by atoms with Crippen LogP contribution in [0.3, 0.4) is 0 Å². The molecule has 0 heterocycles. The number of carboxylic acid groups (broad SMARTS) is 1. The lowest BCUT2D eigenvalue weighted by molar-refractivity contribution is -0.150. The van der Waals surface area contributed by atoms with E-state index < -0.39 is 41.2 Å². The van der Waals surface area contributed by atoms with Gasteiger partial charge >= 0.3 is 5.97 Å². The van der Waals surface area contributed by atoms with Gasteiger partial charge in [0, 0.05) is 0 Å². The Kier molecular flexibility index (Phi) is 12.1. The summed E-state index contributed by atoms with van der Waals surface area (Å²) in [6.07, 6.45) is -0.894. The Bertz CT molecular complexity index is 836. The molecule has 8 N–H and O–H groups in total. The normalized spacial score (nSPS) is 12.2. The van der Waals surface area contributed by atoms with Gasteiger partial charge in [0.2, 0.25) is 23.6 Å². The molecule has 0 saturated carbocycles. The molecule has 0 aliphatic carbocycles. The van der Waals surface area contributed by atoms with Crippen molar-refractivity contribution in [3.63, 3.8) is 0 Å². The molecule has 0 unspecified atom stereocenters. The molecule has 0 spiro atoms. The van der Waals surface area contributed by atoms with Crippen LogP contribution in [-0.4, -0.2) is 82.0 Å². The summed E-state index contributed by atoms with van der Waals surface area (Å²) in [4.78, 5) is 60.8. The van der Waals surface area contributed by atoms with Gasteiger partial charge in [0.1, 0.15) is 12.5 Å². The summed E-state index contributed by atoms with van der Waals surface area (Å²) in [6, 6.07) is 6.16. The third kappa shape index (κ3) is 11.6. The second-order valence-electron chi connectivity index (χ2n) is 6.71. The maximum Gasteiger partial charge on any atom is 0.332 e. The molecule has 0 saturated heterocycles. The number of hydrogen-bond acceptors (Lipinski definition) is 8. The molecule has 1 aromatic rings. The second-order valence-corrected chi connectivity index (χ2v) is 7.94. The fraction of sp³-hybridized carbons (Fsp3) is 0.421. The van der Waals surface area contributed by atoms with Gasteiger partial charge in [-0.25, -0.2) is 4.79 Å². The highest BCUT2D eigenvalue weighted by Gasteiger charge is 2.22. The predicted octanol–water partition coefficient (Wildman–Crippen LogP) is -2.79. The number of phenols is 1. The largest absolute Gasteiger partial charge is 0.508 e. The molecule has 180 valence electrons. The SMILES string of the molecule is C[C@@H](OCNC(=O)CNC(=O)[C@H](Cc1ccc(O)cc1)[Si]NC(=O)CNC(=O)CN)C(=O)O. The number of amides is 4. The molecule has 0 bridgehead atoms. The van der Waals surface area contributed by atoms with Gasteiger partial charge in [-0.15, -0.1) is 0 Å². The predicted molar refractivity (Wildman–Crippen MR) is 116 cm³/mol. The minimum Gasteiger partial charge on any atom is -0.508 e. The quantitative estimate of drug-likeness (QED) is 0.108. The van der Waals surface area contributed by atoms with Crippen LogP contribution in [0.2, 0.25) is 5.54 Å². The maximum atomic E-state index is 12.6. The molecule has 33 heavy (non-hydrogen) atoms. The Hall–Kier alpha value is -3.49. The van der Waals surface area contributed by atoms with E-state index in [1.807, 2.05) is 0 Å². The average Bonchev–Trinajstić information content (AvgIpc) is 2.79. The number of aliphatic carboxylic acids is 1. The van der Waals surface area contributed by atoms with Crippen LogP contribution >= 0.6 is 0 Å². The van der Waals surface area contributed by atoms with Crippen molar-refractivity contribution in [2.45, 2.75) is 25.0 Å².